The van der Waals surface area contributed by atoms with E-state index in [4.69, 9.17) is 37.0 Å². The molecule has 0 atom stereocenters. The van der Waals surface area contributed by atoms with Gasteiger partial charge in [0.25, 0.3) is 0 Å². The summed E-state index contributed by atoms with van der Waals surface area (Å²) in [6, 6.07) is 21.9. The van der Waals surface area contributed by atoms with Crippen molar-refractivity contribution in [1.29, 1.82) is 0 Å². The van der Waals surface area contributed by atoms with E-state index >= 15 is 0 Å². The van der Waals surface area contributed by atoms with Gasteiger partial charge < -0.3 is 20.4 Å². The molecule has 0 amide bonds. The van der Waals surface area contributed by atoms with Crippen molar-refractivity contribution >= 4 is 41.0 Å². The number of aliphatic imine (C=N–C) groups is 1. The van der Waals surface area contributed by atoms with E-state index in [-0.39, 0.29) is 0 Å². The van der Waals surface area contributed by atoms with Crippen molar-refractivity contribution in [2.45, 2.75) is 19.9 Å². The third kappa shape index (κ3) is 6.23. The summed E-state index contributed by atoms with van der Waals surface area (Å²) in [5.74, 6) is 0.266. The van der Waals surface area contributed by atoms with Crippen LogP contribution in [0.2, 0.25) is 5.02 Å². The smallest absolute Gasteiger partial charge is 0.223 e. The summed E-state index contributed by atoms with van der Waals surface area (Å²) in [5.41, 5.74) is 12.6. The van der Waals surface area contributed by atoms with Crippen LogP contribution in [0.4, 0.5) is 11.5 Å². The van der Waals surface area contributed by atoms with Crippen LogP contribution < -0.4 is 20.1 Å². The lowest BCUT2D eigenvalue weighted by atomic mass is 10.1. The molecule has 1 aliphatic heterocycles. The van der Waals surface area contributed by atoms with Gasteiger partial charge >= 0.3 is 0 Å². The molecule has 3 heterocycles. The average molecular weight is 516 g/mol. The number of ether oxygens (including phenoxy) is 1. The predicted molar refractivity (Wildman–Crippen MR) is 142 cm³/mol. The normalized spacial score (nSPS) is 12.3. The number of hydrogen-bond acceptors (Lipinski definition) is 6. The molecule has 4 aromatic rings. The summed E-state index contributed by atoms with van der Waals surface area (Å²) >= 11 is 5.98. The van der Waals surface area contributed by atoms with Gasteiger partial charge in [-0.3, -0.25) is 4.99 Å². The first-order valence-electron chi connectivity index (χ1n) is 11.5. The van der Waals surface area contributed by atoms with Crippen LogP contribution in [0.5, 0.6) is 5.75 Å². The Hall–Kier alpha value is -4.43. The second kappa shape index (κ2) is 11.5. The number of carbonyl (C=O) groups excluding carboxylic acids is 1. The summed E-state index contributed by atoms with van der Waals surface area (Å²) in [6.07, 6.45) is 6.45. The highest BCUT2D eigenvalue weighted by Gasteiger charge is 2.30. The van der Waals surface area contributed by atoms with Crippen LogP contribution in [0.1, 0.15) is 23.7 Å². The van der Waals surface area contributed by atoms with Crippen molar-refractivity contribution in [3.63, 3.8) is 0 Å². The second-order valence-corrected chi connectivity index (χ2v) is 8.73. The number of nitrogens with zero attached hydrogens (tertiary/aromatic N) is 4. The van der Waals surface area contributed by atoms with E-state index in [9.17, 15) is 0 Å². The molecule has 188 valence electrons. The van der Waals surface area contributed by atoms with Crippen LogP contribution in [0.25, 0.3) is 5.70 Å². The number of carboxylic acid groups (broad SMARTS) is 1. The monoisotopic (exact) mass is 515 g/mol. The van der Waals surface area contributed by atoms with Crippen LogP contribution >= 0.6 is 11.6 Å². The third-order valence-electron chi connectivity index (χ3n) is 5.69. The van der Waals surface area contributed by atoms with E-state index in [1.165, 1.54) is 5.69 Å². The van der Waals surface area contributed by atoms with Crippen molar-refractivity contribution in [3.8, 4) is 5.75 Å². The highest BCUT2D eigenvalue weighted by Crippen LogP contribution is 2.27. The lowest BCUT2D eigenvalue weighted by Gasteiger charge is -2.04. The zero-order chi connectivity index (χ0) is 26.4. The van der Waals surface area contributed by atoms with Crippen molar-refractivity contribution in [3.05, 3.63) is 107 Å². The predicted octanol–water partition coefficient (Wildman–Crippen LogP) is 3.44. The Labute approximate surface area is 219 Å². The molecule has 0 bridgehead atoms. The maximum atomic E-state index is 8.89. The molecular weight excluding hydrogens is 490 g/mol. The topological polar surface area (TPSA) is 109 Å². The summed E-state index contributed by atoms with van der Waals surface area (Å²) in [4.78, 5) is 13.6. The van der Waals surface area contributed by atoms with Gasteiger partial charge in [0, 0.05) is 34.9 Å². The first kappa shape index (κ1) is 25.7. The largest absolute Gasteiger partial charge is 0.550 e. The fourth-order valence-electron chi connectivity index (χ4n) is 3.98. The minimum atomic E-state index is -1.08. The van der Waals surface area contributed by atoms with Crippen LogP contribution in [0, 0.1) is 0 Å². The summed E-state index contributed by atoms with van der Waals surface area (Å²) < 4.78 is 9.27. The zero-order valence-electron chi connectivity index (χ0n) is 20.5. The molecule has 0 saturated carbocycles. The quantitative estimate of drug-likeness (QED) is 0.312. The van der Waals surface area contributed by atoms with E-state index in [0.29, 0.717) is 23.1 Å². The van der Waals surface area contributed by atoms with Gasteiger partial charge in [-0.05, 0) is 48.9 Å². The number of carbonyl (C=O) groups is 1. The Morgan fingerprint density at radius 3 is 2.57 bits per heavy atom. The highest BCUT2D eigenvalue weighted by atomic mass is 35.5. The van der Waals surface area contributed by atoms with Crippen molar-refractivity contribution in [2.75, 3.05) is 12.8 Å². The third-order valence-corrected chi connectivity index (χ3v) is 5.94. The molecule has 2 aromatic heterocycles. The molecule has 5 rings (SSSR count). The van der Waals surface area contributed by atoms with Gasteiger partial charge in [0.05, 0.1) is 31.8 Å². The lowest BCUT2D eigenvalue weighted by Crippen LogP contribution is -2.33. The van der Waals surface area contributed by atoms with E-state index in [2.05, 4.69) is 40.1 Å². The van der Waals surface area contributed by atoms with Crippen molar-refractivity contribution in [2.24, 2.45) is 4.99 Å². The zero-order valence-corrected chi connectivity index (χ0v) is 21.2. The van der Waals surface area contributed by atoms with Gasteiger partial charge in [-0.15, -0.1) is 0 Å². The standard InChI is InChI=1S/C26H23ClN5O.C2H4O2/c1-33-23-11-7-19(8-12-23)25-20(14-22-4-2-3-13-31(22)25)15-29-24-16-30-32(26(24)28)17-18-5-9-21(27)10-6-18;1-2(3)4/h2-13,15-16H,14,17,28H2,1H3;1H3,(H,3,4)/q+1;/p-1/b29-15+;. The highest BCUT2D eigenvalue weighted by molar-refractivity contribution is 6.30. The number of methoxy groups -OCH3 is 1. The number of halogens is 1. The molecular formula is C28H26ClN5O3. The summed E-state index contributed by atoms with van der Waals surface area (Å²) in [6.45, 7) is 1.53. The Balaban J connectivity index is 0.000000747. The number of nitrogen functional groups attached to an aromatic ring is 1. The fourth-order valence-corrected chi connectivity index (χ4v) is 4.10. The fraction of sp³-hybridized carbons (Fsp3) is 0.143. The first-order chi connectivity index (χ1) is 17.9. The molecule has 0 radical (unpaired) electrons. The molecule has 37 heavy (non-hydrogen) atoms. The minimum absolute atomic E-state index is 0.524. The van der Waals surface area contributed by atoms with Gasteiger partial charge in [0.1, 0.15) is 17.3 Å². The number of fused-ring (bicyclic) bond motifs is 1. The van der Waals surface area contributed by atoms with Crippen LogP contribution in [-0.2, 0) is 17.8 Å². The Kier molecular flexibility index (Phi) is 8.00. The number of aromatic nitrogens is 3. The number of allylic oxidation sites excluding steroid dienone is 1. The van der Waals surface area contributed by atoms with Gasteiger partial charge in [-0.25, -0.2) is 4.68 Å². The summed E-state index contributed by atoms with van der Waals surface area (Å²) in [7, 11) is 1.67. The number of benzene rings is 2. The molecule has 0 saturated heterocycles. The second-order valence-electron chi connectivity index (χ2n) is 8.29. The molecule has 9 heteroatoms. The molecule has 0 fully saturated rings. The molecule has 1 aliphatic rings. The number of aliphatic carboxylic acids is 1. The Morgan fingerprint density at radius 2 is 1.89 bits per heavy atom. The average Bonchev–Trinajstić information content (AvgIpc) is 3.43. The van der Waals surface area contributed by atoms with Crippen LogP contribution in [0.15, 0.2) is 89.7 Å². The number of pyridine rings is 1. The number of rotatable bonds is 6. The van der Waals surface area contributed by atoms with E-state index in [0.717, 1.165) is 41.5 Å². The number of anilines is 1. The number of nitrogens with two attached hydrogens (primary N) is 1. The van der Waals surface area contributed by atoms with Gasteiger partial charge in [-0.2, -0.15) is 9.67 Å². The van der Waals surface area contributed by atoms with Crippen molar-refractivity contribution in [1.82, 2.24) is 9.78 Å². The van der Waals surface area contributed by atoms with Gasteiger partial charge in [-0.1, -0.05) is 29.8 Å². The summed E-state index contributed by atoms with van der Waals surface area (Å²) in [5, 5.41) is 14.0. The van der Waals surface area contributed by atoms with Crippen LogP contribution in [0.3, 0.4) is 0 Å². The van der Waals surface area contributed by atoms with Gasteiger partial charge in [0.15, 0.2) is 11.9 Å². The van der Waals surface area contributed by atoms with E-state index in [1.54, 1.807) is 18.0 Å². The van der Waals surface area contributed by atoms with E-state index in [1.807, 2.05) is 48.7 Å². The first-order valence-corrected chi connectivity index (χ1v) is 11.9. The maximum Gasteiger partial charge on any atom is 0.223 e. The molecule has 0 aliphatic carbocycles. The van der Waals surface area contributed by atoms with Crippen LogP contribution in [-0.4, -0.2) is 29.1 Å². The molecule has 8 nitrogen and oxygen atoms in total. The Morgan fingerprint density at radius 1 is 1.19 bits per heavy atom. The minimum Gasteiger partial charge on any atom is -0.550 e. The number of hydrogen-bond donors (Lipinski definition) is 1. The van der Waals surface area contributed by atoms with E-state index < -0.39 is 5.97 Å². The number of carboxylic acids is 1. The van der Waals surface area contributed by atoms with Crippen molar-refractivity contribution < 1.29 is 19.2 Å². The molecule has 2 aromatic carbocycles. The Bertz CT molecular complexity index is 1450. The SMILES string of the molecule is CC(=O)[O-].COc1ccc(C2=C(/C=N/c3cnn(Cc4ccc(Cl)cc4)c3N)Cc3cccc[n+]32)cc1. The van der Waals surface area contributed by atoms with Gasteiger partial charge in [0.2, 0.25) is 5.70 Å². The molecule has 0 spiro atoms. The molecule has 0 unspecified atom stereocenters. The lowest BCUT2D eigenvalue weighted by molar-refractivity contribution is -0.582. The molecule has 2 N–H and O–H groups in total. The maximum absolute atomic E-state index is 8.89.